The first-order valence-corrected chi connectivity index (χ1v) is 6.67. The molecule has 0 unspecified atom stereocenters. The van der Waals surface area contributed by atoms with Gasteiger partial charge in [0.15, 0.2) is 0 Å². The number of halogens is 1. The van der Waals surface area contributed by atoms with E-state index in [1.54, 1.807) is 12.1 Å². The topological polar surface area (TPSA) is 101 Å². The first-order valence-electron chi connectivity index (χ1n) is 5.55. The monoisotopic (exact) mass is 314 g/mol. The zero-order valence-corrected chi connectivity index (χ0v) is 11.4. The molecule has 0 heterocycles. The quantitative estimate of drug-likeness (QED) is 0.515. The predicted octanol–water partition coefficient (Wildman–Crippen LogP) is -1.08. The number of rotatable bonds is 6. The summed E-state index contributed by atoms with van der Waals surface area (Å²) in [6.45, 7) is 0.522. The van der Waals surface area contributed by atoms with Gasteiger partial charge in [0.2, 0.25) is 5.91 Å². The Kier molecular flexibility index (Phi) is 5.74. The van der Waals surface area contributed by atoms with Crippen molar-refractivity contribution in [1.29, 1.82) is 0 Å². The van der Waals surface area contributed by atoms with Gasteiger partial charge < -0.3 is 21.3 Å². The highest BCUT2D eigenvalue weighted by Crippen LogP contribution is 2.09. The summed E-state index contributed by atoms with van der Waals surface area (Å²) in [6.07, 6.45) is 1.09. The number of hydrogen-bond donors (Lipinski definition) is 2. The number of hydrogen-bond acceptors (Lipinski definition) is 4. The number of nitrogens with one attached hydrogen (secondary N) is 1. The normalized spacial score (nSPS) is 11.3. The molecule has 6 heteroatoms. The van der Waals surface area contributed by atoms with Gasteiger partial charge in [-0.05, 0) is 12.0 Å². The van der Waals surface area contributed by atoms with Crippen molar-refractivity contribution in [2.45, 2.75) is 18.8 Å². The molecule has 0 saturated carbocycles. The highest BCUT2D eigenvalue weighted by Gasteiger charge is 2.01. The van der Waals surface area contributed by atoms with Crippen molar-refractivity contribution in [3.63, 3.8) is 0 Å². The minimum Gasteiger partial charge on any atom is -0.848 e. The van der Waals surface area contributed by atoms with Crippen molar-refractivity contribution < 1.29 is 15.0 Å². The lowest BCUT2D eigenvalue weighted by Crippen LogP contribution is -2.60. The minimum absolute atomic E-state index is 0.00887. The number of benzene rings is 1. The molecule has 3 N–H and O–H groups in total. The third-order valence-electron chi connectivity index (χ3n) is 2.41. The van der Waals surface area contributed by atoms with Gasteiger partial charge in [-0.25, -0.2) is 0 Å². The van der Waals surface area contributed by atoms with Crippen molar-refractivity contribution in [3.8, 4) is 0 Å². The van der Waals surface area contributed by atoms with Crippen LogP contribution in [0.1, 0.15) is 17.5 Å². The van der Waals surface area contributed by atoms with E-state index in [2.05, 4.69) is 21.2 Å². The van der Waals surface area contributed by atoms with Gasteiger partial charge in [0.05, 0.1) is 0 Å². The molecule has 5 nitrogen and oxygen atoms in total. The van der Waals surface area contributed by atoms with Crippen molar-refractivity contribution in [3.05, 3.63) is 35.4 Å². The summed E-state index contributed by atoms with van der Waals surface area (Å²) in [5.41, 5.74) is 5.85. The van der Waals surface area contributed by atoms with Crippen LogP contribution in [-0.2, 0) is 17.1 Å². The van der Waals surface area contributed by atoms with Gasteiger partial charge in [-0.15, -0.1) is 5.91 Å². The average Bonchev–Trinajstić information content (AvgIpc) is 2.29. The van der Waals surface area contributed by atoms with E-state index in [4.69, 9.17) is 5.73 Å². The van der Waals surface area contributed by atoms with Crippen LogP contribution >= 0.6 is 15.9 Å². The Morgan fingerprint density at radius 3 is 2.44 bits per heavy atom. The van der Waals surface area contributed by atoms with Crippen LogP contribution in [0, 0.1) is 0 Å². The zero-order valence-electron chi connectivity index (χ0n) is 9.82. The molecule has 100 valence electrons. The second-order valence-electron chi connectivity index (χ2n) is 3.90. The van der Waals surface area contributed by atoms with E-state index < -0.39 is 5.91 Å². The standard InChI is InChI=1S/C12H15BrN2O3/c13-7-5-11(16)15-8-6-9-1-3-10(4-2-9)12(14,17)18/h1-4H,5-8,14H2,(H,15,16)/q-2. The largest absolute Gasteiger partial charge is 0.848 e. The van der Waals surface area contributed by atoms with Crippen molar-refractivity contribution >= 4 is 21.8 Å². The van der Waals surface area contributed by atoms with Gasteiger partial charge in [0, 0.05) is 18.3 Å². The van der Waals surface area contributed by atoms with E-state index in [-0.39, 0.29) is 11.5 Å². The molecule has 0 spiro atoms. The fraction of sp³-hybridized carbons (Fsp3) is 0.417. The van der Waals surface area contributed by atoms with Crippen LogP contribution < -0.4 is 21.3 Å². The fourth-order valence-electron chi connectivity index (χ4n) is 1.42. The van der Waals surface area contributed by atoms with Gasteiger partial charge >= 0.3 is 0 Å². The Labute approximate surface area is 114 Å². The third-order valence-corrected chi connectivity index (χ3v) is 2.81. The molecule has 1 aromatic carbocycles. The molecule has 18 heavy (non-hydrogen) atoms. The lowest BCUT2D eigenvalue weighted by molar-refractivity contribution is -0.734. The van der Waals surface area contributed by atoms with Gasteiger partial charge in [-0.3, -0.25) is 4.79 Å². The predicted molar refractivity (Wildman–Crippen MR) is 67.4 cm³/mol. The summed E-state index contributed by atoms with van der Waals surface area (Å²) in [5.74, 6) is -2.81. The summed E-state index contributed by atoms with van der Waals surface area (Å²) >= 11 is 3.18. The average molecular weight is 315 g/mol. The van der Waals surface area contributed by atoms with E-state index in [9.17, 15) is 15.0 Å². The molecular formula is C12H15BrN2O3-2. The SMILES string of the molecule is NC([O-])([O-])c1ccc(CCNC(=O)CCBr)cc1. The lowest BCUT2D eigenvalue weighted by atomic mass is 10.1. The Balaban J connectivity index is 2.42. The van der Waals surface area contributed by atoms with Gasteiger partial charge in [0.25, 0.3) is 0 Å². The Morgan fingerprint density at radius 2 is 1.94 bits per heavy atom. The second kappa shape index (κ2) is 6.84. The number of alkyl halides is 1. The highest BCUT2D eigenvalue weighted by atomic mass is 79.9. The molecule has 0 radical (unpaired) electrons. The number of carbonyl (C=O) groups is 1. The van der Waals surface area contributed by atoms with Crippen LogP contribution in [0.3, 0.4) is 0 Å². The first-order chi connectivity index (χ1) is 8.43. The lowest BCUT2D eigenvalue weighted by Gasteiger charge is -2.44. The molecular weight excluding hydrogens is 300 g/mol. The zero-order chi connectivity index (χ0) is 13.6. The Bertz CT molecular complexity index is 387. The van der Waals surface area contributed by atoms with E-state index in [1.165, 1.54) is 12.1 Å². The van der Waals surface area contributed by atoms with Crippen LogP contribution in [0.25, 0.3) is 0 Å². The van der Waals surface area contributed by atoms with E-state index in [0.717, 1.165) is 5.56 Å². The van der Waals surface area contributed by atoms with Crippen molar-refractivity contribution in [2.75, 3.05) is 11.9 Å². The molecule has 1 amide bonds. The van der Waals surface area contributed by atoms with Gasteiger partial charge in [0.1, 0.15) is 0 Å². The molecule has 0 aliphatic rings. The minimum atomic E-state index is -2.80. The first kappa shape index (κ1) is 15.1. The Morgan fingerprint density at radius 1 is 1.33 bits per heavy atom. The molecule has 0 saturated heterocycles. The fourth-order valence-corrected chi connectivity index (χ4v) is 1.78. The molecule has 0 aliphatic carbocycles. The molecule has 0 fully saturated rings. The van der Waals surface area contributed by atoms with Gasteiger partial charge in [-0.2, -0.15) is 0 Å². The smallest absolute Gasteiger partial charge is 0.220 e. The van der Waals surface area contributed by atoms with Crippen LogP contribution in [0.2, 0.25) is 0 Å². The van der Waals surface area contributed by atoms with E-state index >= 15 is 0 Å². The number of nitrogens with two attached hydrogens (primary N) is 1. The maximum atomic E-state index is 11.2. The highest BCUT2D eigenvalue weighted by molar-refractivity contribution is 9.09. The summed E-state index contributed by atoms with van der Waals surface area (Å²) in [5, 5.41) is 25.3. The molecule has 0 aliphatic heterocycles. The number of amides is 1. The third kappa shape index (κ3) is 5.14. The summed E-state index contributed by atoms with van der Waals surface area (Å²) < 4.78 is 0. The summed E-state index contributed by atoms with van der Waals surface area (Å²) in [4.78, 5) is 11.2. The van der Waals surface area contributed by atoms with Gasteiger partial charge in [-0.1, -0.05) is 45.8 Å². The number of carbonyl (C=O) groups excluding carboxylic acids is 1. The van der Waals surface area contributed by atoms with Crippen LogP contribution in [0.5, 0.6) is 0 Å². The van der Waals surface area contributed by atoms with Crippen molar-refractivity contribution in [1.82, 2.24) is 5.32 Å². The molecule has 0 atom stereocenters. The van der Waals surface area contributed by atoms with Crippen LogP contribution in [-0.4, -0.2) is 17.8 Å². The second-order valence-corrected chi connectivity index (χ2v) is 4.70. The molecule has 1 aromatic rings. The van der Waals surface area contributed by atoms with Crippen LogP contribution in [0.4, 0.5) is 0 Å². The maximum absolute atomic E-state index is 11.2. The molecule has 1 rings (SSSR count). The van der Waals surface area contributed by atoms with E-state index in [0.29, 0.717) is 24.7 Å². The summed E-state index contributed by atoms with van der Waals surface area (Å²) in [7, 11) is 0. The molecule has 0 bridgehead atoms. The van der Waals surface area contributed by atoms with Crippen molar-refractivity contribution in [2.24, 2.45) is 5.73 Å². The molecule has 0 aromatic heterocycles. The maximum Gasteiger partial charge on any atom is 0.220 e. The Hall–Kier alpha value is -0.950. The summed E-state index contributed by atoms with van der Waals surface area (Å²) in [6, 6.07) is 6.19. The van der Waals surface area contributed by atoms with E-state index in [1.807, 2.05) is 0 Å². The van der Waals surface area contributed by atoms with Crippen LogP contribution in [0.15, 0.2) is 24.3 Å².